The van der Waals surface area contributed by atoms with Crippen LogP contribution >= 0.6 is 23.2 Å². The van der Waals surface area contributed by atoms with Crippen LogP contribution in [0.1, 0.15) is 26.7 Å². The molecular weight excluding hydrogens is 325 g/mol. The van der Waals surface area contributed by atoms with E-state index in [1.54, 1.807) is 23.1 Å². The third-order valence-corrected chi connectivity index (χ3v) is 4.38. The normalized spacial score (nSPS) is 19.2. The molecule has 1 aliphatic heterocycles. The summed E-state index contributed by atoms with van der Waals surface area (Å²) in [5, 5.41) is 3.70. The molecule has 0 atom stereocenters. The monoisotopic (exact) mass is 341 g/mol. The Hall–Kier alpha value is -1.46. The Morgan fingerprint density at radius 1 is 1.23 bits per heavy atom. The number of rotatable bonds is 2. The minimum atomic E-state index is -0.359. The van der Waals surface area contributed by atoms with Gasteiger partial charge in [-0.2, -0.15) is 0 Å². The second-order valence-electron chi connectivity index (χ2n) is 6.16. The summed E-state index contributed by atoms with van der Waals surface area (Å²) in [5.74, 6) is 0. The van der Waals surface area contributed by atoms with Gasteiger partial charge in [0.1, 0.15) is 0 Å². The van der Waals surface area contributed by atoms with Gasteiger partial charge in [0.15, 0.2) is 0 Å². The van der Waals surface area contributed by atoms with Crippen LogP contribution < -0.4 is 10.2 Å². The molecule has 1 spiro atoms. The van der Waals surface area contributed by atoms with E-state index in [1.165, 1.54) is 4.90 Å². The molecule has 2 aliphatic rings. The Morgan fingerprint density at radius 3 is 2.32 bits per heavy atom. The van der Waals surface area contributed by atoms with E-state index in [0.29, 0.717) is 22.3 Å². The Labute approximate surface area is 139 Å². The van der Waals surface area contributed by atoms with Crippen molar-refractivity contribution in [2.75, 3.05) is 11.4 Å². The van der Waals surface area contributed by atoms with Gasteiger partial charge in [-0.3, -0.25) is 4.90 Å². The third kappa shape index (κ3) is 2.63. The minimum absolute atomic E-state index is 0.0230. The van der Waals surface area contributed by atoms with Gasteiger partial charge in [0.2, 0.25) is 0 Å². The maximum absolute atomic E-state index is 12.7. The Kier molecular flexibility index (Phi) is 3.73. The number of carbonyl (C=O) groups is 2. The van der Waals surface area contributed by atoms with Gasteiger partial charge in [-0.05, 0) is 44.9 Å². The van der Waals surface area contributed by atoms with Gasteiger partial charge < -0.3 is 5.32 Å². The predicted molar refractivity (Wildman–Crippen MR) is 86.7 cm³/mol. The van der Waals surface area contributed by atoms with E-state index in [9.17, 15) is 9.59 Å². The van der Waals surface area contributed by atoms with Crippen molar-refractivity contribution in [2.45, 2.75) is 38.3 Å². The first-order valence-electron chi connectivity index (χ1n) is 7.21. The number of halogens is 2. The molecule has 0 unspecified atom stereocenters. The van der Waals surface area contributed by atoms with Crippen molar-refractivity contribution in [2.24, 2.45) is 0 Å². The number of hydrogen-bond donors (Lipinski definition) is 1. The molecule has 0 aromatic heterocycles. The van der Waals surface area contributed by atoms with Crippen molar-refractivity contribution in [3.63, 3.8) is 0 Å². The molecule has 1 saturated heterocycles. The number of hydrogen-bond acceptors (Lipinski definition) is 2. The van der Waals surface area contributed by atoms with E-state index >= 15 is 0 Å². The topological polar surface area (TPSA) is 52.7 Å². The lowest BCUT2D eigenvalue weighted by atomic mass is 10.2. The number of urea groups is 2. The van der Waals surface area contributed by atoms with Crippen LogP contribution in [0, 0.1) is 0 Å². The van der Waals surface area contributed by atoms with E-state index in [-0.39, 0.29) is 23.6 Å². The summed E-state index contributed by atoms with van der Waals surface area (Å²) in [7, 11) is 0. The van der Waals surface area contributed by atoms with Crippen molar-refractivity contribution in [1.29, 1.82) is 0 Å². The van der Waals surface area contributed by atoms with Crippen LogP contribution in [0.5, 0.6) is 0 Å². The van der Waals surface area contributed by atoms with E-state index in [4.69, 9.17) is 23.2 Å². The summed E-state index contributed by atoms with van der Waals surface area (Å²) < 4.78 is 0. The standard InChI is InChI=1S/C15H17Cl2N3O2/c1-9(2)18-13(21)19-8-15(3-4-15)20(14(19)22)12-6-10(16)5-11(17)7-12/h5-7,9H,3-4,8H2,1-2H3,(H,18,21). The van der Waals surface area contributed by atoms with Crippen molar-refractivity contribution < 1.29 is 9.59 Å². The Balaban J connectivity index is 1.92. The molecule has 1 aromatic rings. The molecule has 1 heterocycles. The number of nitrogens with zero attached hydrogens (tertiary/aromatic N) is 2. The van der Waals surface area contributed by atoms with Crippen LogP contribution in [0.25, 0.3) is 0 Å². The molecule has 7 heteroatoms. The van der Waals surface area contributed by atoms with Gasteiger partial charge in [-0.15, -0.1) is 0 Å². The van der Waals surface area contributed by atoms with Crippen LogP contribution in [0.3, 0.4) is 0 Å². The molecule has 3 rings (SSSR count). The predicted octanol–water partition coefficient (Wildman–Crippen LogP) is 3.89. The lowest BCUT2D eigenvalue weighted by Gasteiger charge is -2.23. The lowest BCUT2D eigenvalue weighted by Crippen LogP contribution is -2.45. The molecule has 5 nitrogen and oxygen atoms in total. The fourth-order valence-electron chi connectivity index (χ4n) is 2.82. The van der Waals surface area contributed by atoms with Gasteiger partial charge in [0.05, 0.1) is 12.1 Å². The van der Waals surface area contributed by atoms with Crippen molar-refractivity contribution in [3.05, 3.63) is 28.2 Å². The first-order chi connectivity index (χ1) is 10.3. The summed E-state index contributed by atoms with van der Waals surface area (Å²) in [6.07, 6.45) is 1.74. The summed E-state index contributed by atoms with van der Waals surface area (Å²) in [5.41, 5.74) is 0.333. The first-order valence-corrected chi connectivity index (χ1v) is 7.96. The number of imide groups is 1. The molecule has 118 valence electrons. The number of carbonyl (C=O) groups excluding carboxylic acids is 2. The fraction of sp³-hybridized carbons (Fsp3) is 0.467. The molecule has 22 heavy (non-hydrogen) atoms. The highest BCUT2D eigenvalue weighted by molar-refractivity contribution is 6.35. The van der Waals surface area contributed by atoms with Crippen LogP contribution in [0.4, 0.5) is 15.3 Å². The molecular formula is C15H17Cl2N3O2. The molecule has 1 saturated carbocycles. The Morgan fingerprint density at radius 2 is 1.82 bits per heavy atom. The van der Waals surface area contributed by atoms with Crippen molar-refractivity contribution in [1.82, 2.24) is 10.2 Å². The highest BCUT2D eigenvalue weighted by Crippen LogP contribution is 2.49. The average Bonchev–Trinajstić information content (AvgIpc) is 3.07. The number of benzene rings is 1. The third-order valence-electron chi connectivity index (χ3n) is 3.94. The highest BCUT2D eigenvalue weighted by Gasteiger charge is 2.59. The molecule has 0 bridgehead atoms. The molecule has 1 aromatic carbocycles. The number of amides is 4. The van der Waals surface area contributed by atoms with Crippen molar-refractivity contribution in [3.8, 4) is 0 Å². The van der Waals surface area contributed by atoms with Gasteiger partial charge in [0, 0.05) is 21.8 Å². The fourth-order valence-corrected chi connectivity index (χ4v) is 3.33. The minimum Gasteiger partial charge on any atom is -0.335 e. The summed E-state index contributed by atoms with van der Waals surface area (Å²) >= 11 is 12.1. The molecule has 2 fully saturated rings. The average molecular weight is 342 g/mol. The lowest BCUT2D eigenvalue weighted by molar-refractivity contribution is 0.198. The largest absolute Gasteiger partial charge is 0.335 e. The summed E-state index contributed by atoms with van der Waals surface area (Å²) in [4.78, 5) is 27.8. The molecule has 1 N–H and O–H groups in total. The maximum Gasteiger partial charge on any atom is 0.333 e. The van der Waals surface area contributed by atoms with E-state index in [1.807, 2.05) is 13.8 Å². The first kappa shape index (κ1) is 15.4. The van der Waals surface area contributed by atoms with Gasteiger partial charge in [-0.1, -0.05) is 23.2 Å². The summed E-state index contributed by atoms with van der Waals surface area (Å²) in [6.45, 7) is 4.12. The summed E-state index contributed by atoms with van der Waals surface area (Å²) in [6, 6.07) is 4.32. The maximum atomic E-state index is 12.7. The SMILES string of the molecule is CC(C)NC(=O)N1CC2(CC2)N(c2cc(Cl)cc(Cl)c2)C1=O. The van der Waals surface area contributed by atoms with Crippen molar-refractivity contribution >= 4 is 41.0 Å². The van der Waals surface area contributed by atoms with Crippen LogP contribution in [-0.2, 0) is 0 Å². The second kappa shape index (κ2) is 5.32. The van der Waals surface area contributed by atoms with Gasteiger partial charge in [0.25, 0.3) is 0 Å². The zero-order valence-corrected chi connectivity index (χ0v) is 13.9. The van der Waals surface area contributed by atoms with Crippen LogP contribution in [0.15, 0.2) is 18.2 Å². The Bertz CT molecular complexity index is 623. The zero-order valence-electron chi connectivity index (χ0n) is 12.4. The van der Waals surface area contributed by atoms with E-state index in [2.05, 4.69) is 5.32 Å². The number of anilines is 1. The van der Waals surface area contributed by atoms with E-state index in [0.717, 1.165) is 12.8 Å². The molecule has 0 radical (unpaired) electrons. The van der Waals surface area contributed by atoms with Gasteiger partial charge in [-0.25, -0.2) is 14.5 Å². The highest BCUT2D eigenvalue weighted by atomic mass is 35.5. The molecule has 4 amide bonds. The van der Waals surface area contributed by atoms with Gasteiger partial charge >= 0.3 is 12.1 Å². The smallest absolute Gasteiger partial charge is 0.333 e. The number of nitrogens with one attached hydrogen (secondary N) is 1. The van der Waals surface area contributed by atoms with E-state index < -0.39 is 0 Å². The molecule has 1 aliphatic carbocycles. The zero-order chi connectivity index (χ0) is 16.1. The van der Waals surface area contributed by atoms with Crippen LogP contribution in [0.2, 0.25) is 10.0 Å². The van der Waals surface area contributed by atoms with Crippen LogP contribution in [-0.4, -0.2) is 35.1 Å². The second-order valence-corrected chi connectivity index (χ2v) is 7.03. The quantitative estimate of drug-likeness (QED) is 0.887.